The number of rotatable bonds is 2. The Morgan fingerprint density at radius 2 is 2.08 bits per heavy atom. The molecule has 25 heavy (non-hydrogen) atoms. The molecule has 0 N–H and O–H groups in total. The van der Waals surface area contributed by atoms with Gasteiger partial charge < -0.3 is 4.90 Å². The summed E-state index contributed by atoms with van der Waals surface area (Å²) >= 11 is 0. The maximum Gasteiger partial charge on any atom is 0.273 e. The van der Waals surface area contributed by atoms with Crippen LogP contribution in [0.2, 0.25) is 0 Å². The Balaban J connectivity index is 1.78. The highest BCUT2D eigenvalue weighted by molar-refractivity contribution is 5.95. The van der Waals surface area contributed by atoms with Crippen LogP contribution in [0, 0.1) is 17.8 Å². The molecule has 1 saturated carbocycles. The van der Waals surface area contributed by atoms with Crippen LogP contribution in [0.1, 0.15) is 68.7 Å². The zero-order valence-electron chi connectivity index (χ0n) is 16.1. The molecule has 2 atom stereocenters. The van der Waals surface area contributed by atoms with E-state index in [-0.39, 0.29) is 11.3 Å². The van der Waals surface area contributed by atoms with Crippen molar-refractivity contribution in [1.82, 2.24) is 14.3 Å². The van der Waals surface area contributed by atoms with Gasteiger partial charge in [-0.15, -0.1) is 0 Å². The van der Waals surface area contributed by atoms with Gasteiger partial charge in [0.1, 0.15) is 11.3 Å². The average Bonchev–Trinajstić information content (AvgIpc) is 3.01. The van der Waals surface area contributed by atoms with E-state index in [2.05, 4.69) is 45.6 Å². The van der Waals surface area contributed by atoms with Crippen molar-refractivity contribution < 1.29 is 4.79 Å². The fourth-order valence-electron chi connectivity index (χ4n) is 5.56. The van der Waals surface area contributed by atoms with Crippen LogP contribution < -0.4 is 0 Å². The third kappa shape index (κ3) is 2.57. The third-order valence-corrected chi connectivity index (χ3v) is 6.13. The minimum atomic E-state index is 0.168. The molecule has 2 bridgehead atoms. The number of carbonyl (C=O) groups is 1. The highest BCUT2D eigenvalue weighted by Crippen LogP contribution is 2.52. The molecule has 2 fully saturated rings. The number of carbonyl (C=O) groups excluding carboxylic acids is 1. The second-order valence-electron chi connectivity index (χ2n) is 9.29. The summed E-state index contributed by atoms with van der Waals surface area (Å²) in [5, 5.41) is 0. The van der Waals surface area contributed by atoms with Gasteiger partial charge in [0, 0.05) is 18.8 Å². The van der Waals surface area contributed by atoms with Gasteiger partial charge in [-0.3, -0.25) is 9.20 Å². The second-order valence-corrected chi connectivity index (χ2v) is 9.29. The Hall–Kier alpha value is -1.84. The molecular weight excluding hydrogens is 310 g/mol. The summed E-state index contributed by atoms with van der Waals surface area (Å²) in [6.45, 7) is 12.1. The Bertz CT molecular complexity index is 850. The van der Waals surface area contributed by atoms with E-state index in [4.69, 9.17) is 4.98 Å². The van der Waals surface area contributed by atoms with Crippen molar-refractivity contribution in [3.8, 4) is 0 Å². The van der Waals surface area contributed by atoms with Gasteiger partial charge in [-0.25, -0.2) is 4.98 Å². The highest BCUT2D eigenvalue weighted by Gasteiger charge is 2.51. The van der Waals surface area contributed by atoms with E-state index in [1.807, 2.05) is 16.7 Å². The van der Waals surface area contributed by atoms with Crippen LogP contribution in [0.25, 0.3) is 5.65 Å². The molecule has 2 aromatic rings. The van der Waals surface area contributed by atoms with Crippen molar-refractivity contribution in [2.75, 3.05) is 6.54 Å². The second kappa shape index (κ2) is 5.33. The Labute approximate surface area is 150 Å². The van der Waals surface area contributed by atoms with Crippen LogP contribution >= 0.6 is 0 Å². The molecule has 4 rings (SSSR count). The summed E-state index contributed by atoms with van der Waals surface area (Å²) in [5.41, 5.74) is 4.29. The number of hydrogen-bond donors (Lipinski definition) is 0. The molecule has 1 saturated heterocycles. The molecule has 0 aromatic carbocycles. The summed E-state index contributed by atoms with van der Waals surface area (Å²) < 4.78 is 2.01. The Morgan fingerprint density at radius 1 is 1.32 bits per heavy atom. The van der Waals surface area contributed by atoms with Crippen LogP contribution in [0.15, 0.2) is 18.3 Å². The summed E-state index contributed by atoms with van der Waals surface area (Å²) in [5.74, 6) is 0.168. The lowest BCUT2D eigenvalue weighted by Crippen LogP contribution is -2.38. The predicted octanol–water partition coefficient (Wildman–Crippen LogP) is 4.25. The quantitative estimate of drug-likeness (QED) is 0.820. The van der Waals surface area contributed by atoms with Gasteiger partial charge >= 0.3 is 0 Å². The van der Waals surface area contributed by atoms with Gasteiger partial charge in [0.15, 0.2) is 0 Å². The van der Waals surface area contributed by atoms with Crippen molar-refractivity contribution in [3.05, 3.63) is 35.3 Å². The molecule has 3 heterocycles. The number of imidazole rings is 1. The van der Waals surface area contributed by atoms with Gasteiger partial charge in [-0.2, -0.15) is 0 Å². The lowest BCUT2D eigenvalue weighted by Gasteiger charge is -2.39. The van der Waals surface area contributed by atoms with E-state index in [0.29, 0.717) is 11.5 Å². The van der Waals surface area contributed by atoms with E-state index in [1.54, 1.807) is 0 Å². The number of fused-ring (bicyclic) bond motifs is 3. The lowest BCUT2D eigenvalue weighted by molar-refractivity contribution is 0.0700. The van der Waals surface area contributed by atoms with Gasteiger partial charge in [0.05, 0.1) is 5.69 Å². The molecule has 134 valence electrons. The molecule has 0 spiro atoms. The number of hydrogen-bond acceptors (Lipinski definition) is 2. The fourth-order valence-corrected chi connectivity index (χ4v) is 5.56. The number of nitrogens with zero attached hydrogens (tertiary/aromatic N) is 3. The topological polar surface area (TPSA) is 37.6 Å². The summed E-state index contributed by atoms with van der Waals surface area (Å²) in [6, 6.07) is 4.43. The van der Waals surface area contributed by atoms with E-state index >= 15 is 0 Å². The molecule has 4 nitrogen and oxygen atoms in total. The number of aryl methyl sites for hydroxylation is 2. The maximum absolute atomic E-state index is 13.6. The zero-order valence-corrected chi connectivity index (χ0v) is 16.1. The zero-order chi connectivity index (χ0) is 18.0. The minimum absolute atomic E-state index is 0.168. The summed E-state index contributed by atoms with van der Waals surface area (Å²) in [7, 11) is 0. The first-order valence-electron chi connectivity index (χ1n) is 9.51. The van der Waals surface area contributed by atoms with E-state index < -0.39 is 0 Å². The SMILES string of the molecule is CCc1nc2c(C)cccn2c1C(=O)N1CC2(C)CC1CC(C)(C)C2. The van der Waals surface area contributed by atoms with Crippen LogP contribution in [0.4, 0.5) is 0 Å². The lowest BCUT2D eigenvalue weighted by atomic mass is 9.65. The molecule has 2 unspecified atom stereocenters. The molecular formula is C21H29N3O. The molecule has 1 aliphatic carbocycles. The van der Waals surface area contributed by atoms with Crippen LogP contribution in [0.3, 0.4) is 0 Å². The standard InChI is InChI=1S/C21H29N3O/c1-6-16-17(23-9-7-8-14(2)18(23)22-16)19(25)24-13-21(5)11-15(24)10-20(3,4)12-21/h7-9,15H,6,10-13H2,1-5H3. The maximum atomic E-state index is 13.6. The van der Waals surface area contributed by atoms with Crippen LogP contribution in [0.5, 0.6) is 0 Å². The van der Waals surface area contributed by atoms with Gasteiger partial charge in [-0.1, -0.05) is 33.8 Å². The molecule has 4 heteroatoms. The molecule has 0 radical (unpaired) electrons. The predicted molar refractivity (Wildman–Crippen MR) is 99.9 cm³/mol. The minimum Gasteiger partial charge on any atom is -0.334 e. The first-order valence-corrected chi connectivity index (χ1v) is 9.51. The monoisotopic (exact) mass is 339 g/mol. The number of amides is 1. The van der Waals surface area contributed by atoms with E-state index in [9.17, 15) is 4.79 Å². The first-order chi connectivity index (χ1) is 11.7. The van der Waals surface area contributed by atoms with E-state index in [1.165, 1.54) is 6.42 Å². The largest absolute Gasteiger partial charge is 0.334 e. The fraction of sp³-hybridized carbons (Fsp3) is 0.619. The molecule has 2 aliphatic rings. The van der Waals surface area contributed by atoms with Crippen molar-refractivity contribution in [1.29, 1.82) is 0 Å². The van der Waals surface area contributed by atoms with E-state index in [0.717, 1.165) is 48.4 Å². The number of aromatic nitrogens is 2. The summed E-state index contributed by atoms with van der Waals surface area (Å²) in [6.07, 6.45) is 6.21. The van der Waals surface area contributed by atoms with Crippen molar-refractivity contribution in [3.63, 3.8) is 0 Å². The number of pyridine rings is 1. The number of likely N-dealkylation sites (tertiary alicyclic amines) is 1. The third-order valence-electron chi connectivity index (χ3n) is 6.13. The van der Waals surface area contributed by atoms with Crippen LogP contribution in [-0.2, 0) is 6.42 Å². The first kappa shape index (κ1) is 16.6. The normalized spacial score (nSPS) is 27.9. The highest BCUT2D eigenvalue weighted by atomic mass is 16.2. The van der Waals surface area contributed by atoms with Crippen molar-refractivity contribution in [2.45, 2.75) is 66.3 Å². The van der Waals surface area contributed by atoms with Gasteiger partial charge in [0.2, 0.25) is 0 Å². The molecule has 1 aliphatic heterocycles. The van der Waals surface area contributed by atoms with Crippen LogP contribution in [-0.4, -0.2) is 32.8 Å². The smallest absolute Gasteiger partial charge is 0.273 e. The average molecular weight is 339 g/mol. The van der Waals surface area contributed by atoms with Crippen molar-refractivity contribution >= 4 is 11.6 Å². The van der Waals surface area contributed by atoms with Gasteiger partial charge in [0.25, 0.3) is 5.91 Å². The van der Waals surface area contributed by atoms with Gasteiger partial charge in [-0.05, 0) is 55.1 Å². The Kier molecular flexibility index (Phi) is 3.54. The molecule has 2 aromatic heterocycles. The molecule has 1 amide bonds. The Morgan fingerprint density at radius 3 is 2.80 bits per heavy atom. The summed E-state index contributed by atoms with van der Waals surface area (Å²) in [4.78, 5) is 20.5. The van der Waals surface area contributed by atoms with Crippen molar-refractivity contribution in [2.24, 2.45) is 10.8 Å².